The van der Waals surface area contributed by atoms with Crippen LogP contribution in [-0.2, 0) is 12.0 Å². The van der Waals surface area contributed by atoms with Crippen LogP contribution in [0.4, 0.5) is 17.6 Å². The Morgan fingerprint density at radius 1 is 0.950 bits per heavy atom. The van der Waals surface area contributed by atoms with E-state index >= 15 is 0 Å². The Bertz CT molecular complexity index is 597. The summed E-state index contributed by atoms with van der Waals surface area (Å²) >= 11 is 0. The molecule has 0 saturated heterocycles. The third-order valence-corrected chi connectivity index (χ3v) is 3.13. The first-order valence-electron chi connectivity index (χ1n) is 5.98. The fourth-order valence-electron chi connectivity index (χ4n) is 2.05. The molecule has 0 aliphatic heterocycles. The zero-order chi connectivity index (χ0) is 14.9. The molecule has 0 aromatic heterocycles. The van der Waals surface area contributed by atoms with Crippen molar-refractivity contribution in [1.82, 2.24) is 0 Å². The molecule has 2 aromatic carbocycles. The van der Waals surface area contributed by atoms with Crippen molar-refractivity contribution in [2.45, 2.75) is 18.9 Å². The second kappa shape index (κ2) is 5.25. The summed E-state index contributed by atoms with van der Waals surface area (Å²) in [6.45, 7) is 1.47. The first-order valence-corrected chi connectivity index (χ1v) is 5.98. The predicted octanol–water partition coefficient (Wildman–Crippen LogP) is 3.66. The van der Waals surface area contributed by atoms with E-state index in [0.717, 1.165) is 24.3 Å². The molecule has 20 heavy (non-hydrogen) atoms. The fourth-order valence-corrected chi connectivity index (χ4v) is 2.05. The lowest BCUT2D eigenvalue weighted by atomic mass is 9.86. The third kappa shape index (κ3) is 2.99. The predicted molar refractivity (Wildman–Crippen MR) is 68.0 cm³/mol. The minimum atomic E-state index is -1.30. The molecule has 0 heterocycles. The Balaban J connectivity index is 2.40. The van der Waals surface area contributed by atoms with Crippen molar-refractivity contribution in [3.05, 3.63) is 70.8 Å². The van der Waals surface area contributed by atoms with Crippen molar-refractivity contribution in [3.8, 4) is 0 Å². The number of halogens is 4. The average Bonchev–Trinajstić information content (AvgIpc) is 2.33. The van der Waals surface area contributed by atoms with Crippen molar-refractivity contribution < 1.29 is 17.6 Å². The van der Waals surface area contributed by atoms with E-state index in [2.05, 4.69) is 0 Å². The lowest BCUT2D eigenvalue weighted by Gasteiger charge is -2.26. The second-order valence-corrected chi connectivity index (χ2v) is 4.95. The lowest BCUT2D eigenvalue weighted by molar-refractivity contribution is 0.448. The van der Waals surface area contributed by atoms with Gasteiger partial charge in [-0.05, 0) is 36.8 Å². The lowest BCUT2D eigenvalue weighted by Crippen LogP contribution is -2.36. The SMILES string of the molecule is CC(N)(Cc1c(F)cccc1F)c1cc(F)cc(F)c1. The summed E-state index contributed by atoms with van der Waals surface area (Å²) in [7, 11) is 0. The summed E-state index contributed by atoms with van der Waals surface area (Å²) in [6, 6.07) is 6.29. The zero-order valence-corrected chi connectivity index (χ0v) is 10.8. The Morgan fingerprint density at radius 3 is 1.95 bits per heavy atom. The van der Waals surface area contributed by atoms with Crippen LogP contribution in [0.15, 0.2) is 36.4 Å². The van der Waals surface area contributed by atoms with Crippen molar-refractivity contribution in [3.63, 3.8) is 0 Å². The second-order valence-electron chi connectivity index (χ2n) is 4.95. The standard InChI is InChI=1S/C15H13F4N/c1-15(20,9-5-10(16)7-11(17)6-9)8-12-13(18)3-2-4-14(12)19/h2-7H,8,20H2,1H3. The fraction of sp³-hybridized carbons (Fsp3) is 0.200. The number of rotatable bonds is 3. The molecule has 0 amide bonds. The normalized spacial score (nSPS) is 14.1. The van der Waals surface area contributed by atoms with Crippen LogP contribution in [0, 0.1) is 23.3 Å². The van der Waals surface area contributed by atoms with Gasteiger partial charge in [-0.15, -0.1) is 0 Å². The van der Waals surface area contributed by atoms with Crippen molar-refractivity contribution in [2.75, 3.05) is 0 Å². The van der Waals surface area contributed by atoms with Gasteiger partial charge in [0.2, 0.25) is 0 Å². The van der Waals surface area contributed by atoms with Gasteiger partial charge >= 0.3 is 0 Å². The molecule has 0 fully saturated rings. The van der Waals surface area contributed by atoms with Crippen LogP contribution < -0.4 is 5.73 Å². The van der Waals surface area contributed by atoms with Gasteiger partial charge in [-0.25, -0.2) is 17.6 Å². The molecular weight excluding hydrogens is 270 g/mol. The monoisotopic (exact) mass is 283 g/mol. The summed E-state index contributed by atoms with van der Waals surface area (Å²) in [4.78, 5) is 0. The average molecular weight is 283 g/mol. The Morgan fingerprint density at radius 2 is 1.45 bits per heavy atom. The van der Waals surface area contributed by atoms with Gasteiger partial charge in [0.25, 0.3) is 0 Å². The number of nitrogens with two attached hydrogens (primary N) is 1. The first-order chi connectivity index (χ1) is 9.29. The highest BCUT2D eigenvalue weighted by atomic mass is 19.1. The molecule has 1 nitrogen and oxygen atoms in total. The quantitative estimate of drug-likeness (QED) is 0.855. The van der Waals surface area contributed by atoms with Gasteiger partial charge in [0.15, 0.2) is 0 Å². The molecule has 5 heteroatoms. The van der Waals surface area contributed by atoms with E-state index in [1.165, 1.54) is 13.0 Å². The van der Waals surface area contributed by atoms with Crippen LogP contribution in [0.25, 0.3) is 0 Å². The van der Waals surface area contributed by atoms with Crippen LogP contribution in [0.3, 0.4) is 0 Å². The van der Waals surface area contributed by atoms with E-state index in [0.29, 0.717) is 6.07 Å². The van der Waals surface area contributed by atoms with Gasteiger partial charge < -0.3 is 5.73 Å². The van der Waals surface area contributed by atoms with E-state index in [-0.39, 0.29) is 17.5 Å². The molecule has 2 aromatic rings. The Kier molecular flexibility index (Phi) is 3.81. The number of benzene rings is 2. The summed E-state index contributed by atoms with van der Waals surface area (Å²) in [5, 5.41) is 0. The maximum absolute atomic E-state index is 13.6. The molecule has 0 bridgehead atoms. The van der Waals surface area contributed by atoms with E-state index in [1.807, 2.05) is 0 Å². The first kappa shape index (κ1) is 14.5. The smallest absolute Gasteiger partial charge is 0.129 e. The van der Waals surface area contributed by atoms with Crippen LogP contribution >= 0.6 is 0 Å². The van der Waals surface area contributed by atoms with E-state index in [1.54, 1.807) is 0 Å². The van der Waals surface area contributed by atoms with Crippen LogP contribution in [0.2, 0.25) is 0 Å². The Hall–Kier alpha value is -1.88. The molecule has 0 aliphatic carbocycles. The van der Waals surface area contributed by atoms with Gasteiger partial charge in [0, 0.05) is 23.6 Å². The van der Waals surface area contributed by atoms with Crippen molar-refractivity contribution >= 4 is 0 Å². The van der Waals surface area contributed by atoms with Gasteiger partial charge in [0.05, 0.1) is 0 Å². The van der Waals surface area contributed by atoms with Gasteiger partial charge in [0.1, 0.15) is 23.3 Å². The highest BCUT2D eigenvalue weighted by Gasteiger charge is 2.26. The van der Waals surface area contributed by atoms with Crippen LogP contribution in [-0.4, -0.2) is 0 Å². The molecule has 0 radical (unpaired) electrons. The van der Waals surface area contributed by atoms with E-state index in [9.17, 15) is 17.6 Å². The van der Waals surface area contributed by atoms with E-state index in [4.69, 9.17) is 5.73 Å². The maximum Gasteiger partial charge on any atom is 0.129 e. The van der Waals surface area contributed by atoms with Crippen molar-refractivity contribution in [2.24, 2.45) is 5.73 Å². The third-order valence-electron chi connectivity index (χ3n) is 3.13. The van der Waals surface area contributed by atoms with E-state index < -0.39 is 28.8 Å². The molecule has 0 aliphatic rings. The minimum Gasteiger partial charge on any atom is -0.321 e. The molecule has 2 N–H and O–H groups in total. The van der Waals surface area contributed by atoms with Crippen LogP contribution in [0.5, 0.6) is 0 Å². The zero-order valence-electron chi connectivity index (χ0n) is 10.8. The molecule has 106 valence electrons. The number of hydrogen-bond donors (Lipinski definition) is 1. The molecule has 2 rings (SSSR count). The summed E-state index contributed by atoms with van der Waals surface area (Å²) in [5.74, 6) is -3.05. The molecule has 0 spiro atoms. The van der Waals surface area contributed by atoms with Crippen molar-refractivity contribution in [1.29, 1.82) is 0 Å². The summed E-state index contributed by atoms with van der Waals surface area (Å²) in [5.41, 5.74) is 4.61. The largest absolute Gasteiger partial charge is 0.321 e. The van der Waals surface area contributed by atoms with Gasteiger partial charge in [-0.2, -0.15) is 0 Å². The molecule has 1 atom stereocenters. The molecule has 1 unspecified atom stereocenters. The van der Waals surface area contributed by atoms with Crippen LogP contribution in [0.1, 0.15) is 18.1 Å². The highest BCUT2D eigenvalue weighted by molar-refractivity contribution is 5.30. The molecule has 0 saturated carbocycles. The summed E-state index contributed by atoms with van der Waals surface area (Å²) < 4.78 is 53.6. The van der Waals surface area contributed by atoms with Gasteiger partial charge in [-0.1, -0.05) is 6.07 Å². The highest BCUT2D eigenvalue weighted by Crippen LogP contribution is 2.26. The van der Waals surface area contributed by atoms with Gasteiger partial charge in [-0.3, -0.25) is 0 Å². The number of hydrogen-bond acceptors (Lipinski definition) is 1. The minimum absolute atomic E-state index is 0.137. The molecular formula is C15H13F4N. The Labute approximate surface area is 114 Å². The topological polar surface area (TPSA) is 26.0 Å². The maximum atomic E-state index is 13.6. The summed E-state index contributed by atoms with van der Waals surface area (Å²) in [6.07, 6.45) is -0.214.